The van der Waals surface area contributed by atoms with Crippen molar-refractivity contribution in [2.75, 3.05) is 6.61 Å². The van der Waals surface area contributed by atoms with Crippen LogP contribution in [0.4, 0.5) is 10.1 Å². The first-order valence-electron chi connectivity index (χ1n) is 6.32. The van der Waals surface area contributed by atoms with Crippen molar-refractivity contribution >= 4 is 11.5 Å². The summed E-state index contributed by atoms with van der Waals surface area (Å²) in [4.78, 5) is 10.2. The summed E-state index contributed by atoms with van der Waals surface area (Å²) in [5.41, 5.74) is 4.74. The van der Waals surface area contributed by atoms with Crippen LogP contribution in [-0.4, -0.2) is 22.6 Å². The van der Waals surface area contributed by atoms with Crippen LogP contribution in [0.1, 0.15) is 26.7 Å². The van der Waals surface area contributed by atoms with E-state index in [1.807, 2.05) is 0 Å². The molecule has 0 radical (unpaired) electrons. The average Bonchev–Trinajstić information content (AvgIpc) is 2.42. The third-order valence-electron chi connectivity index (χ3n) is 3.12. The lowest BCUT2D eigenvalue weighted by atomic mass is 9.87. The first-order chi connectivity index (χ1) is 9.77. The second-order valence-corrected chi connectivity index (χ2v) is 5.19. The van der Waals surface area contributed by atoms with Crippen LogP contribution in [-0.2, 0) is 0 Å². The molecule has 0 saturated heterocycles. The van der Waals surface area contributed by atoms with Gasteiger partial charge in [-0.1, -0.05) is 19.0 Å². The Kier molecular flexibility index (Phi) is 5.45. The molecule has 0 aliphatic heterocycles. The second-order valence-electron chi connectivity index (χ2n) is 5.19. The molecule has 0 unspecified atom stereocenters. The summed E-state index contributed by atoms with van der Waals surface area (Å²) in [7, 11) is 0. The van der Waals surface area contributed by atoms with E-state index in [0.29, 0.717) is 12.8 Å². The molecule has 0 bridgehead atoms. The number of hydrogen-bond donors (Lipinski definition) is 2. The van der Waals surface area contributed by atoms with Crippen LogP contribution in [0.5, 0.6) is 5.75 Å². The molecule has 3 N–H and O–H groups in total. The Morgan fingerprint density at radius 2 is 2.24 bits per heavy atom. The highest BCUT2D eigenvalue weighted by Crippen LogP contribution is 2.28. The molecule has 8 heteroatoms. The van der Waals surface area contributed by atoms with E-state index < -0.39 is 16.2 Å². The molecule has 0 aliphatic carbocycles. The van der Waals surface area contributed by atoms with E-state index in [1.165, 1.54) is 0 Å². The van der Waals surface area contributed by atoms with E-state index in [4.69, 9.17) is 15.7 Å². The Morgan fingerprint density at radius 3 is 2.81 bits per heavy atom. The molecule has 0 aliphatic rings. The van der Waals surface area contributed by atoms with Gasteiger partial charge in [0.25, 0.3) is 0 Å². The van der Waals surface area contributed by atoms with Gasteiger partial charge >= 0.3 is 5.69 Å². The molecular formula is C13H18FN3O4. The predicted molar refractivity (Wildman–Crippen MR) is 75.0 cm³/mol. The Labute approximate surface area is 121 Å². The molecule has 0 atom stereocenters. The molecule has 0 aromatic heterocycles. The SMILES string of the molecule is CC(C)(CCCOc1cc(F)ccc1[N+](=O)[O-])C(N)=NO. The topological polar surface area (TPSA) is 111 Å². The van der Waals surface area contributed by atoms with Crippen molar-refractivity contribution in [1.29, 1.82) is 0 Å². The summed E-state index contributed by atoms with van der Waals surface area (Å²) >= 11 is 0. The number of amidine groups is 1. The molecule has 7 nitrogen and oxygen atoms in total. The van der Waals surface area contributed by atoms with Gasteiger partial charge < -0.3 is 15.7 Å². The summed E-state index contributed by atoms with van der Waals surface area (Å²) in [6.45, 7) is 3.76. The molecular weight excluding hydrogens is 281 g/mol. The molecule has 1 aromatic rings. The summed E-state index contributed by atoms with van der Waals surface area (Å²) in [6, 6.07) is 3.05. The molecule has 0 saturated carbocycles. The lowest BCUT2D eigenvalue weighted by Gasteiger charge is -2.22. The minimum Gasteiger partial charge on any atom is -0.487 e. The van der Waals surface area contributed by atoms with Crippen molar-refractivity contribution in [2.24, 2.45) is 16.3 Å². The highest BCUT2D eigenvalue weighted by Gasteiger charge is 2.23. The van der Waals surface area contributed by atoms with Crippen molar-refractivity contribution in [3.63, 3.8) is 0 Å². The van der Waals surface area contributed by atoms with E-state index >= 15 is 0 Å². The third kappa shape index (κ3) is 4.59. The smallest absolute Gasteiger partial charge is 0.311 e. The fourth-order valence-corrected chi connectivity index (χ4v) is 1.71. The Bertz CT molecular complexity index is 546. The fourth-order valence-electron chi connectivity index (χ4n) is 1.71. The lowest BCUT2D eigenvalue weighted by Crippen LogP contribution is -2.32. The van der Waals surface area contributed by atoms with Gasteiger partial charge in [-0.2, -0.15) is 0 Å². The van der Waals surface area contributed by atoms with Crippen LogP contribution in [0.3, 0.4) is 0 Å². The first kappa shape index (κ1) is 16.7. The molecule has 116 valence electrons. The van der Waals surface area contributed by atoms with Gasteiger partial charge in [-0.05, 0) is 18.9 Å². The number of benzene rings is 1. The molecule has 0 heterocycles. The fraction of sp³-hybridized carbons (Fsp3) is 0.462. The zero-order chi connectivity index (χ0) is 16.0. The minimum atomic E-state index is -0.630. The first-order valence-corrected chi connectivity index (χ1v) is 6.32. The number of nitrogens with zero attached hydrogens (tertiary/aromatic N) is 2. The van der Waals surface area contributed by atoms with E-state index in [-0.39, 0.29) is 23.9 Å². The number of rotatable bonds is 7. The van der Waals surface area contributed by atoms with Gasteiger partial charge in [-0.15, -0.1) is 0 Å². The van der Waals surface area contributed by atoms with Gasteiger partial charge in [0.2, 0.25) is 0 Å². The summed E-state index contributed by atoms with van der Waals surface area (Å²) < 4.78 is 18.4. The minimum absolute atomic E-state index is 0.0965. The zero-order valence-corrected chi connectivity index (χ0v) is 11.9. The molecule has 0 amide bonds. The number of hydrogen-bond acceptors (Lipinski definition) is 5. The van der Waals surface area contributed by atoms with Gasteiger partial charge in [0, 0.05) is 17.5 Å². The van der Waals surface area contributed by atoms with E-state index in [1.54, 1.807) is 13.8 Å². The van der Waals surface area contributed by atoms with Gasteiger partial charge in [0.1, 0.15) is 11.7 Å². The molecule has 21 heavy (non-hydrogen) atoms. The van der Waals surface area contributed by atoms with E-state index in [9.17, 15) is 14.5 Å². The maximum Gasteiger partial charge on any atom is 0.311 e. The normalized spacial score (nSPS) is 12.2. The van der Waals surface area contributed by atoms with Crippen molar-refractivity contribution in [1.82, 2.24) is 0 Å². The van der Waals surface area contributed by atoms with Crippen molar-refractivity contribution in [3.05, 3.63) is 34.1 Å². The highest BCUT2D eigenvalue weighted by atomic mass is 19.1. The van der Waals surface area contributed by atoms with Gasteiger partial charge in [-0.3, -0.25) is 10.1 Å². The van der Waals surface area contributed by atoms with Gasteiger partial charge in [-0.25, -0.2) is 4.39 Å². The summed E-state index contributed by atoms with van der Waals surface area (Å²) in [5, 5.41) is 22.4. The van der Waals surface area contributed by atoms with Crippen molar-refractivity contribution in [2.45, 2.75) is 26.7 Å². The second kappa shape index (κ2) is 6.87. The zero-order valence-electron chi connectivity index (χ0n) is 11.9. The van der Waals surface area contributed by atoms with Crippen LogP contribution < -0.4 is 10.5 Å². The lowest BCUT2D eigenvalue weighted by molar-refractivity contribution is -0.385. The van der Waals surface area contributed by atoms with Gasteiger partial charge in [0.05, 0.1) is 11.5 Å². The monoisotopic (exact) mass is 299 g/mol. The Hall–Kier alpha value is -2.38. The number of nitro groups is 1. The largest absolute Gasteiger partial charge is 0.487 e. The number of ether oxygens (including phenoxy) is 1. The highest BCUT2D eigenvalue weighted by molar-refractivity contribution is 5.85. The molecule has 0 fully saturated rings. The number of halogens is 1. The maximum atomic E-state index is 13.1. The Balaban J connectivity index is 2.61. The van der Waals surface area contributed by atoms with E-state index in [0.717, 1.165) is 18.2 Å². The standard InChI is InChI=1S/C13H18FN3O4/c1-13(2,12(15)16-18)6-3-7-21-11-8-9(14)4-5-10(11)17(19)20/h4-5,8,18H,3,6-7H2,1-2H3,(H2,15,16). The molecule has 1 aromatic carbocycles. The maximum absolute atomic E-state index is 13.1. The third-order valence-corrected chi connectivity index (χ3v) is 3.12. The molecule has 1 rings (SSSR count). The van der Waals surface area contributed by atoms with Crippen LogP contribution in [0.15, 0.2) is 23.4 Å². The quantitative estimate of drug-likeness (QED) is 0.201. The summed E-state index contributed by atoms with van der Waals surface area (Å²) in [6.07, 6.45) is 1.06. The van der Waals surface area contributed by atoms with Crippen molar-refractivity contribution in [3.8, 4) is 5.75 Å². The number of oxime groups is 1. The average molecular weight is 299 g/mol. The van der Waals surface area contributed by atoms with Crippen LogP contribution in [0.2, 0.25) is 0 Å². The molecule has 0 spiro atoms. The van der Waals surface area contributed by atoms with Gasteiger partial charge in [0.15, 0.2) is 5.75 Å². The Morgan fingerprint density at radius 1 is 1.57 bits per heavy atom. The number of nitro benzene ring substituents is 1. The van der Waals surface area contributed by atoms with Crippen molar-refractivity contribution < 1.29 is 19.3 Å². The van der Waals surface area contributed by atoms with Crippen LogP contribution in [0, 0.1) is 21.3 Å². The summed E-state index contributed by atoms with van der Waals surface area (Å²) in [5.74, 6) is -0.617. The van der Waals surface area contributed by atoms with Crippen LogP contribution in [0.25, 0.3) is 0 Å². The predicted octanol–water partition coefficient (Wildman–Crippen LogP) is 2.67. The van der Waals surface area contributed by atoms with Crippen LogP contribution >= 0.6 is 0 Å². The number of nitrogens with two attached hydrogens (primary N) is 1. The van der Waals surface area contributed by atoms with E-state index in [2.05, 4.69) is 5.16 Å².